The van der Waals surface area contributed by atoms with E-state index in [1.807, 2.05) is 19.9 Å². The summed E-state index contributed by atoms with van der Waals surface area (Å²) in [5.74, 6) is -0.138. The van der Waals surface area contributed by atoms with Crippen molar-refractivity contribution < 1.29 is 9.21 Å². The number of hydrogen-bond acceptors (Lipinski definition) is 3. The summed E-state index contributed by atoms with van der Waals surface area (Å²) in [5.41, 5.74) is 7.92. The first kappa shape index (κ1) is 15.8. The molecular formula is C19H19N3O2. The van der Waals surface area contributed by atoms with E-state index in [9.17, 15) is 4.79 Å². The van der Waals surface area contributed by atoms with Crippen LogP contribution in [0.5, 0.6) is 0 Å². The van der Waals surface area contributed by atoms with Crippen molar-refractivity contribution >= 4 is 12.1 Å². The van der Waals surface area contributed by atoms with Crippen molar-refractivity contribution in [2.24, 2.45) is 5.10 Å². The maximum Gasteiger partial charge on any atom is 0.307 e. The summed E-state index contributed by atoms with van der Waals surface area (Å²) in [6, 6.07) is 13.7. The van der Waals surface area contributed by atoms with Gasteiger partial charge in [0.25, 0.3) is 0 Å². The predicted molar refractivity (Wildman–Crippen MR) is 93.7 cm³/mol. The molecule has 2 aromatic heterocycles. The second-order valence-corrected chi connectivity index (χ2v) is 5.67. The van der Waals surface area contributed by atoms with Crippen LogP contribution in [0.2, 0.25) is 0 Å². The number of aryl methyl sites for hydroxylation is 2. The second kappa shape index (κ2) is 6.58. The lowest BCUT2D eigenvalue weighted by molar-refractivity contribution is 0.0927. The van der Waals surface area contributed by atoms with E-state index in [-0.39, 0.29) is 11.7 Å². The Hall–Kier alpha value is -3.08. The Morgan fingerprint density at radius 2 is 1.92 bits per heavy atom. The standard InChI is InChI=1S/C19H19N3O2/c1-13-6-8-17(9-7-13)22-14(2)11-16(15(22)3)12-20-21-19(23)18-5-4-10-24-18/h4-12H,1-3H3,(H,21,23)/b20-12+. The Kier molecular flexibility index (Phi) is 4.33. The minimum Gasteiger partial charge on any atom is -0.459 e. The summed E-state index contributed by atoms with van der Waals surface area (Å²) >= 11 is 0. The molecule has 0 aliphatic rings. The third-order valence-corrected chi connectivity index (χ3v) is 3.88. The first-order valence-electron chi connectivity index (χ1n) is 7.69. The Morgan fingerprint density at radius 1 is 1.17 bits per heavy atom. The van der Waals surface area contributed by atoms with Crippen LogP contribution in [-0.4, -0.2) is 16.7 Å². The zero-order valence-corrected chi connectivity index (χ0v) is 13.9. The minimum absolute atomic E-state index is 0.234. The number of hydrogen-bond donors (Lipinski definition) is 1. The number of aromatic nitrogens is 1. The van der Waals surface area contributed by atoms with E-state index in [4.69, 9.17) is 4.42 Å². The first-order valence-corrected chi connectivity index (χ1v) is 7.69. The van der Waals surface area contributed by atoms with Crippen molar-refractivity contribution in [1.29, 1.82) is 0 Å². The fraction of sp³-hybridized carbons (Fsp3) is 0.158. The van der Waals surface area contributed by atoms with Crippen molar-refractivity contribution in [1.82, 2.24) is 9.99 Å². The molecule has 1 aromatic carbocycles. The van der Waals surface area contributed by atoms with Crippen LogP contribution in [0.3, 0.4) is 0 Å². The number of carbonyl (C=O) groups excluding carboxylic acids is 1. The van der Waals surface area contributed by atoms with Crippen LogP contribution in [0.1, 0.15) is 33.1 Å². The Morgan fingerprint density at radius 3 is 2.58 bits per heavy atom. The van der Waals surface area contributed by atoms with Gasteiger partial charge in [-0.2, -0.15) is 5.10 Å². The summed E-state index contributed by atoms with van der Waals surface area (Å²) in [7, 11) is 0. The monoisotopic (exact) mass is 321 g/mol. The minimum atomic E-state index is -0.372. The summed E-state index contributed by atoms with van der Waals surface area (Å²) in [6.45, 7) is 6.15. The Bertz CT molecular complexity index is 872. The van der Waals surface area contributed by atoms with Gasteiger partial charge in [0.05, 0.1) is 12.5 Å². The second-order valence-electron chi connectivity index (χ2n) is 5.67. The van der Waals surface area contributed by atoms with Gasteiger partial charge in [0.2, 0.25) is 0 Å². The molecule has 0 spiro atoms. The SMILES string of the molecule is Cc1ccc(-n2c(C)cc(/C=N/NC(=O)c3ccco3)c2C)cc1. The molecule has 24 heavy (non-hydrogen) atoms. The van der Waals surface area contributed by atoms with E-state index in [0.717, 1.165) is 22.6 Å². The molecule has 0 saturated heterocycles. The molecule has 5 nitrogen and oxygen atoms in total. The van der Waals surface area contributed by atoms with Gasteiger partial charge in [0.1, 0.15) is 0 Å². The lowest BCUT2D eigenvalue weighted by Gasteiger charge is -2.09. The van der Waals surface area contributed by atoms with Crippen molar-refractivity contribution in [3.8, 4) is 5.69 Å². The van der Waals surface area contributed by atoms with Crippen LogP contribution in [0, 0.1) is 20.8 Å². The van der Waals surface area contributed by atoms with Crippen LogP contribution < -0.4 is 5.43 Å². The van der Waals surface area contributed by atoms with E-state index in [2.05, 4.69) is 46.3 Å². The molecule has 0 saturated carbocycles. The lowest BCUT2D eigenvalue weighted by atomic mass is 10.2. The van der Waals surface area contributed by atoms with Gasteiger partial charge in [0.15, 0.2) is 5.76 Å². The van der Waals surface area contributed by atoms with E-state index < -0.39 is 0 Å². The molecule has 3 rings (SSSR count). The average Bonchev–Trinajstić information content (AvgIpc) is 3.18. The first-order chi connectivity index (χ1) is 11.6. The number of nitrogens with one attached hydrogen (secondary N) is 1. The quantitative estimate of drug-likeness (QED) is 0.587. The molecule has 5 heteroatoms. The summed E-state index contributed by atoms with van der Waals surface area (Å²) in [5, 5.41) is 4.02. The smallest absolute Gasteiger partial charge is 0.307 e. The summed E-state index contributed by atoms with van der Waals surface area (Å²) in [4.78, 5) is 11.8. The molecule has 0 fully saturated rings. The zero-order chi connectivity index (χ0) is 17.1. The number of nitrogens with zero attached hydrogens (tertiary/aromatic N) is 2. The highest BCUT2D eigenvalue weighted by molar-refractivity contribution is 5.92. The van der Waals surface area contributed by atoms with E-state index in [1.54, 1.807) is 18.3 Å². The van der Waals surface area contributed by atoms with Gasteiger partial charge < -0.3 is 8.98 Å². The molecule has 0 bridgehead atoms. The molecule has 0 atom stereocenters. The van der Waals surface area contributed by atoms with Crippen LogP contribution >= 0.6 is 0 Å². The number of benzene rings is 1. The average molecular weight is 321 g/mol. The molecule has 0 unspecified atom stereocenters. The fourth-order valence-electron chi connectivity index (χ4n) is 2.63. The van der Waals surface area contributed by atoms with Crippen LogP contribution in [-0.2, 0) is 0 Å². The Balaban J connectivity index is 1.80. The third kappa shape index (κ3) is 3.15. The number of furan rings is 1. The number of hydrazone groups is 1. The van der Waals surface area contributed by atoms with Crippen LogP contribution in [0.15, 0.2) is 58.2 Å². The molecule has 0 aliphatic heterocycles. The largest absolute Gasteiger partial charge is 0.459 e. The van der Waals surface area contributed by atoms with E-state index >= 15 is 0 Å². The third-order valence-electron chi connectivity index (χ3n) is 3.88. The van der Waals surface area contributed by atoms with Gasteiger partial charge in [-0.15, -0.1) is 0 Å². The van der Waals surface area contributed by atoms with Gasteiger partial charge in [0, 0.05) is 22.6 Å². The molecule has 3 aromatic rings. The topological polar surface area (TPSA) is 59.5 Å². The molecule has 122 valence electrons. The van der Waals surface area contributed by atoms with Gasteiger partial charge in [-0.1, -0.05) is 17.7 Å². The lowest BCUT2D eigenvalue weighted by Crippen LogP contribution is -2.16. The van der Waals surface area contributed by atoms with Crippen molar-refractivity contribution in [3.63, 3.8) is 0 Å². The number of carbonyl (C=O) groups is 1. The molecule has 0 radical (unpaired) electrons. The highest BCUT2D eigenvalue weighted by Gasteiger charge is 2.10. The molecule has 0 aliphatic carbocycles. The van der Waals surface area contributed by atoms with Crippen molar-refractivity contribution in [2.45, 2.75) is 20.8 Å². The number of rotatable bonds is 4. The molecule has 1 amide bonds. The van der Waals surface area contributed by atoms with Gasteiger partial charge in [-0.25, -0.2) is 5.43 Å². The van der Waals surface area contributed by atoms with Crippen LogP contribution in [0.4, 0.5) is 0 Å². The summed E-state index contributed by atoms with van der Waals surface area (Å²) in [6.07, 6.45) is 3.10. The van der Waals surface area contributed by atoms with Gasteiger partial charge in [-0.3, -0.25) is 4.79 Å². The molecule has 1 N–H and O–H groups in total. The van der Waals surface area contributed by atoms with Crippen LogP contribution in [0.25, 0.3) is 5.69 Å². The Labute approximate surface area is 140 Å². The fourth-order valence-corrected chi connectivity index (χ4v) is 2.63. The van der Waals surface area contributed by atoms with E-state index in [1.165, 1.54) is 11.8 Å². The normalized spacial score (nSPS) is 11.1. The maximum atomic E-state index is 11.8. The highest BCUT2D eigenvalue weighted by atomic mass is 16.3. The molecular weight excluding hydrogens is 302 g/mol. The van der Waals surface area contributed by atoms with Crippen molar-refractivity contribution in [2.75, 3.05) is 0 Å². The highest BCUT2D eigenvalue weighted by Crippen LogP contribution is 2.20. The van der Waals surface area contributed by atoms with Gasteiger partial charge >= 0.3 is 5.91 Å². The number of amides is 1. The predicted octanol–water partition coefficient (Wildman–Crippen LogP) is 3.76. The summed E-state index contributed by atoms with van der Waals surface area (Å²) < 4.78 is 7.18. The molecule has 2 heterocycles. The zero-order valence-electron chi connectivity index (χ0n) is 13.9. The van der Waals surface area contributed by atoms with Crippen molar-refractivity contribution in [3.05, 3.63) is 77.0 Å². The van der Waals surface area contributed by atoms with E-state index in [0.29, 0.717) is 0 Å². The maximum absolute atomic E-state index is 11.8. The van der Waals surface area contributed by atoms with Gasteiger partial charge in [-0.05, 0) is 51.1 Å².